The van der Waals surface area contributed by atoms with E-state index >= 15 is 0 Å². The van der Waals surface area contributed by atoms with Gasteiger partial charge in [0.15, 0.2) is 0 Å². The predicted molar refractivity (Wildman–Crippen MR) is 50.7 cm³/mol. The van der Waals surface area contributed by atoms with Gasteiger partial charge in [-0.3, -0.25) is 0 Å². The Morgan fingerprint density at radius 2 is 2.38 bits per heavy atom. The summed E-state index contributed by atoms with van der Waals surface area (Å²) in [5, 5.41) is 21.7. The third kappa shape index (κ3) is 1.77. The zero-order chi connectivity index (χ0) is 9.26. The van der Waals surface area contributed by atoms with Crippen molar-refractivity contribution in [1.29, 1.82) is 0 Å². The van der Waals surface area contributed by atoms with Crippen LogP contribution in [0.3, 0.4) is 0 Å². The monoisotopic (exact) mass is 260 g/mol. The molecule has 0 saturated carbocycles. The summed E-state index contributed by atoms with van der Waals surface area (Å²) in [7, 11) is 0. The van der Waals surface area contributed by atoms with E-state index in [4.69, 9.17) is 5.11 Å². The Labute approximate surface area is 86.2 Å². The summed E-state index contributed by atoms with van der Waals surface area (Å²) in [5.74, 6) is 0. The molecule has 0 aliphatic carbocycles. The average Bonchev–Trinajstić information content (AvgIpc) is 2.71. The molecule has 13 heavy (non-hydrogen) atoms. The first-order valence-corrected chi connectivity index (χ1v) is 5.04. The highest BCUT2D eigenvalue weighted by Crippen LogP contribution is 2.16. The summed E-state index contributed by atoms with van der Waals surface area (Å²) in [5.41, 5.74) is 0. The average molecular weight is 261 g/mol. The zero-order valence-corrected chi connectivity index (χ0v) is 8.79. The molecule has 2 aromatic heterocycles. The summed E-state index contributed by atoms with van der Waals surface area (Å²) < 4.78 is 2.48. The second-order valence-electron chi connectivity index (χ2n) is 2.24. The maximum absolute atomic E-state index is 8.77. The minimum absolute atomic E-state index is 0.0832. The van der Waals surface area contributed by atoms with Crippen LogP contribution < -0.4 is 0 Å². The van der Waals surface area contributed by atoms with Crippen molar-refractivity contribution < 1.29 is 5.11 Å². The van der Waals surface area contributed by atoms with Gasteiger partial charge >= 0.3 is 0 Å². The van der Waals surface area contributed by atoms with E-state index in [-0.39, 0.29) is 6.61 Å². The smallest absolute Gasteiger partial charge is 0.232 e. The van der Waals surface area contributed by atoms with Gasteiger partial charge in [0, 0.05) is 6.20 Å². The van der Waals surface area contributed by atoms with Gasteiger partial charge in [-0.05, 0) is 15.9 Å². The van der Waals surface area contributed by atoms with E-state index in [1.807, 2.05) is 0 Å². The molecule has 0 aliphatic rings. The van der Waals surface area contributed by atoms with Crippen LogP contribution >= 0.6 is 27.3 Å². The van der Waals surface area contributed by atoms with Crippen molar-refractivity contribution in [3.63, 3.8) is 0 Å². The molecule has 0 spiro atoms. The lowest BCUT2D eigenvalue weighted by Gasteiger charge is -1.89. The molecule has 0 aliphatic heterocycles. The fourth-order valence-electron chi connectivity index (χ4n) is 0.807. The molecule has 1 N–H and O–H groups in total. The van der Waals surface area contributed by atoms with Gasteiger partial charge in [-0.1, -0.05) is 11.3 Å². The minimum atomic E-state index is -0.0832. The van der Waals surface area contributed by atoms with Crippen molar-refractivity contribution in [2.24, 2.45) is 0 Å². The van der Waals surface area contributed by atoms with Gasteiger partial charge in [-0.2, -0.15) is 5.10 Å². The largest absolute Gasteiger partial charge is 0.389 e. The normalized spacial score (nSPS) is 10.6. The zero-order valence-electron chi connectivity index (χ0n) is 6.38. The number of hydrogen-bond acceptors (Lipinski definition) is 5. The van der Waals surface area contributed by atoms with Crippen LogP contribution in [0.25, 0.3) is 5.13 Å². The fourth-order valence-corrected chi connectivity index (χ4v) is 1.72. The van der Waals surface area contributed by atoms with Crippen LogP contribution in [0, 0.1) is 0 Å². The van der Waals surface area contributed by atoms with Gasteiger partial charge in [0.25, 0.3) is 0 Å². The van der Waals surface area contributed by atoms with Crippen molar-refractivity contribution >= 4 is 27.3 Å². The quantitative estimate of drug-likeness (QED) is 0.875. The first-order chi connectivity index (χ1) is 6.29. The molecule has 2 aromatic rings. The van der Waals surface area contributed by atoms with Crippen molar-refractivity contribution in [3.8, 4) is 5.13 Å². The Balaban J connectivity index is 2.35. The molecule has 0 unspecified atom stereocenters. The minimum Gasteiger partial charge on any atom is -0.389 e. The number of rotatable bonds is 2. The van der Waals surface area contributed by atoms with Crippen LogP contribution in [-0.2, 0) is 6.61 Å². The summed E-state index contributed by atoms with van der Waals surface area (Å²) >= 11 is 4.58. The standard InChI is InChI=1S/C6H5BrN4OS/c7-4-1-8-11(2-4)6-10-9-5(3-12)13-6/h1-2,12H,3H2. The van der Waals surface area contributed by atoms with Crippen LogP contribution in [0.15, 0.2) is 16.9 Å². The maximum Gasteiger partial charge on any atom is 0.232 e. The highest BCUT2D eigenvalue weighted by molar-refractivity contribution is 9.10. The molecular weight excluding hydrogens is 256 g/mol. The molecule has 7 heteroatoms. The van der Waals surface area contributed by atoms with Crippen LogP contribution in [0.1, 0.15) is 5.01 Å². The molecule has 0 radical (unpaired) electrons. The summed E-state index contributed by atoms with van der Waals surface area (Å²) in [4.78, 5) is 0. The van der Waals surface area contributed by atoms with Crippen LogP contribution in [0.4, 0.5) is 0 Å². The summed E-state index contributed by atoms with van der Waals surface area (Å²) in [6, 6.07) is 0. The van der Waals surface area contributed by atoms with Crippen molar-refractivity contribution in [3.05, 3.63) is 21.9 Å². The Hall–Kier alpha value is -0.790. The number of hydrogen-bond donors (Lipinski definition) is 1. The first kappa shape index (κ1) is 8.79. The topological polar surface area (TPSA) is 63.8 Å². The predicted octanol–water partition coefficient (Wildman–Crippen LogP) is 0.979. The number of aliphatic hydroxyl groups is 1. The highest BCUT2D eigenvalue weighted by atomic mass is 79.9. The first-order valence-electron chi connectivity index (χ1n) is 3.43. The molecule has 2 rings (SSSR count). The van der Waals surface area contributed by atoms with Gasteiger partial charge in [0.2, 0.25) is 5.13 Å². The lowest BCUT2D eigenvalue weighted by atomic mass is 10.7. The van der Waals surface area contributed by atoms with Gasteiger partial charge in [0.1, 0.15) is 5.01 Å². The molecule has 0 aromatic carbocycles. The Morgan fingerprint density at radius 3 is 2.92 bits per heavy atom. The van der Waals surface area contributed by atoms with E-state index in [1.165, 1.54) is 11.3 Å². The fraction of sp³-hybridized carbons (Fsp3) is 0.167. The second kappa shape index (κ2) is 3.52. The van der Waals surface area contributed by atoms with Crippen molar-refractivity contribution in [2.75, 3.05) is 0 Å². The maximum atomic E-state index is 8.77. The molecule has 0 bridgehead atoms. The molecule has 0 saturated heterocycles. The SMILES string of the molecule is OCc1nnc(-n2cc(Br)cn2)s1. The number of halogens is 1. The molecule has 0 amide bonds. The Morgan fingerprint density at radius 1 is 1.54 bits per heavy atom. The van der Waals surface area contributed by atoms with Crippen LogP contribution in [-0.4, -0.2) is 25.1 Å². The van der Waals surface area contributed by atoms with E-state index in [0.29, 0.717) is 10.1 Å². The molecule has 68 valence electrons. The van der Waals surface area contributed by atoms with E-state index < -0.39 is 0 Å². The highest BCUT2D eigenvalue weighted by Gasteiger charge is 2.05. The molecule has 5 nitrogen and oxygen atoms in total. The van der Waals surface area contributed by atoms with E-state index in [0.717, 1.165) is 4.47 Å². The molecule has 0 atom stereocenters. The van der Waals surface area contributed by atoms with Crippen molar-refractivity contribution in [1.82, 2.24) is 20.0 Å². The van der Waals surface area contributed by atoms with E-state index in [2.05, 4.69) is 31.2 Å². The molecule has 2 heterocycles. The van der Waals surface area contributed by atoms with Crippen molar-refractivity contribution in [2.45, 2.75) is 6.61 Å². The third-order valence-corrected chi connectivity index (χ3v) is 2.65. The third-order valence-electron chi connectivity index (χ3n) is 1.34. The number of nitrogens with zero attached hydrogens (tertiary/aromatic N) is 4. The van der Waals surface area contributed by atoms with E-state index in [1.54, 1.807) is 17.1 Å². The lowest BCUT2D eigenvalue weighted by Crippen LogP contribution is -1.92. The van der Waals surface area contributed by atoms with E-state index in [9.17, 15) is 0 Å². The lowest BCUT2D eigenvalue weighted by molar-refractivity contribution is 0.280. The number of aromatic nitrogens is 4. The number of aliphatic hydroxyl groups excluding tert-OH is 1. The van der Waals surface area contributed by atoms with Crippen LogP contribution in [0.2, 0.25) is 0 Å². The van der Waals surface area contributed by atoms with Crippen LogP contribution in [0.5, 0.6) is 0 Å². The summed E-state index contributed by atoms with van der Waals surface area (Å²) in [6.07, 6.45) is 3.45. The second-order valence-corrected chi connectivity index (χ2v) is 4.20. The molecular formula is C6H5BrN4OS. The van der Waals surface area contributed by atoms with Gasteiger partial charge < -0.3 is 5.11 Å². The van der Waals surface area contributed by atoms with Gasteiger partial charge in [-0.15, -0.1) is 10.2 Å². The Bertz CT molecular complexity index is 412. The van der Waals surface area contributed by atoms with Gasteiger partial charge in [0.05, 0.1) is 17.3 Å². The summed E-state index contributed by atoms with van der Waals surface area (Å²) in [6.45, 7) is -0.0832. The Kier molecular flexibility index (Phi) is 2.38. The van der Waals surface area contributed by atoms with Gasteiger partial charge in [-0.25, -0.2) is 4.68 Å². The molecule has 0 fully saturated rings.